The second-order valence-electron chi connectivity index (χ2n) is 6.13. The van der Waals surface area contributed by atoms with Crippen LogP contribution in [0.2, 0.25) is 0 Å². The molecule has 1 unspecified atom stereocenters. The average molecular weight is 324 g/mol. The van der Waals surface area contributed by atoms with Crippen LogP contribution in [-0.2, 0) is 4.79 Å². The number of nitrogens with one attached hydrogen (secondary N) is 2. The summed E-state index contributed by atoms with van der Waals surface area (Å²) in [7, 11) is 0. The molecule has 1 aromatic heterocycles. The summed E-state index contributed by atoms with van der Waals surface area (Å²) in [5.74, 6) is 0.731. The highest BCUT2D eigenvalue weighted by Crippen LogP contribution is 2.09. The third-order valence-electron chi connectivity index (χ3n) is 3.44. The zero-order chi connectivity index (χ0) is 16.4. The minimum absolute atomic E-state index is 0.0579. The van der Waals surface area contributed by atoms with E-state index in [4.69, 9.17) is 0 Å². The van der Waals surface area contributed by atoms with Crippen molar-refractivity contribution in [1.82, 2.24) is 10.6 Å². The summed E-state index contributed by atoms with van der Waals surface area (Å²) in [4.78, 5) is 24.2. The molecule has 0 radical (unpaired) electrons. The maximum Gasteiger partial charge on any atom is 0.261 e. The predicted octanol–water partition coefficient (Wildman–Crippen LogP) is 3.59. The largest absolute Gasteiger partial charge is 0.354 e. The maximum atomic E-state index is 11.8. The Morgan fingerprint density at radius 3 is 2.59 bits per heavy atom. The molecule has 0 aromatic carbocycles. The van der Waals surface area contributed by atoms with Crippen molar-refractivity contribution in [2.45, 2.75) is 58.9 Å². The summed E-state index contributed by atoms with van der Waals surface area (Å²) >= 11 is 1.42. The van der Waals surface area contributed by atoms with Crippen molar-refractivity contribution in [1.29, 1.82) is 0 Å². The summed E-state index contributed by atoms with van der Waals surface area (Å²) in [6.07, 6.45) is 4.50. The van der Waals surface area contributed by atoms with Crippen molar-refractivity contribution < 1.29 is 9.59 Å². The highest BCUT2D eigenvalue weighted by Gasteiger charge is 2.09. The fourth-order valence-corrected chi connectivity index (χ4v) is 2.84. The maximum absolute atomic E-state index is 11.8. The fraction of sp³-hybridized carbons (Fsp3) is 0.647. The lowest BCUT2D eigenvalue weighted by molar-refractivity contribution is -0.121. The van der Waals surface area contributed by atoms with Gasteiger partial charge in [0.05, 0.1) is 4.88 Å². The van der Waals surface area contributed by atoms with E-state index in [0.29, 0.717) is 24.3 Å². The molecule has 0 aliphatic carbocycles. The number of thiophene rings is 1. The Morgan fingerprint density at radius 2 is 1.95 bits per heavy atom. The number of hydrogen-bond acceptors (Lipinski definition) is 3. The van der Waals surface area contributed by atoms with E-state index in [9.17, 15) is 9.59 Å². The average Bonchev–Trinajstić information content (AvgIpc) is 2.97. The van der Waals surface area contributed by atoms with Crippen LogP contribution in [0.15, 0.2) is 17.5 Å². The lowest BCUT2D eigenvalue weighted by atomic mass is 10.0. The Morgan fingerprint density at radius 1 is 1.18 bits per heavy atom. The summed E-state index contributed by atoms with van der Waals surface area (Å²) in [6.45, 7) is 7.02. The summed E-state index contributed by atoms with van der Waals surface area (Å²) in [6, 6.07) is 3.88. The highest BCUT2D eigenvalue weighted by molar-refractivity contribution is 7.12. The molecular weight excluding hydrogens is 296 g/mol. The van der Waals surface area contributed by atoms with Crippen molar-refractivity contribution in [2.24, 2.45) is 5.92 Å². The molecule has 0 saturated heterocycles. The van der Waals surface area contributed by atoms with Gasteiger partial charge in [-0.25, -0.2) is 0 Å². The van der Waals surface area contributed by atoms with E-state index in [2.05, 4.69) is 31.4 Å². The second kappa shape index (κ2) is 10.4. The minimum atomic E-state index is -0.0579. The summed E-state index contributed by atoms with van der Waals surface area (Å²) in [5, 5.41) is 7.73. The van der Waals surface area contributed by atoms with Gasteiger partial charge in [0.2, 0.25) is 5.91 Å². The molecular formula is C17H28N2O2S. The van der Waals surface area contributed by atoms with Gasteiger partial charge in [0, 0.05) is 19.0 Å². The smallest absolute Gasteiger partial charge is 0.261 e. The van der Waals surface area contributed by atoms with Crippen LogP contribution < -0.4 is 10.6 Å². The summed E-state index contributed by atoms with van der Waals surface area (Å²) in [5.41, 5.74) is 0. The molecule has 4 nitrogen and oxygen atoms in total. The van der Waals surface area contributed by atoms with Gasteiger partial charge in [0.15, 0.2) is 0 Å². The molecule has 0 aliphatic rings. The third kappa shape index (κ3) is 8.17. The minimum Gasteiger partial charge on any atom is -0.354 e. The van der Waals surface area contributed by atoms with E-state index in [-0.39, 0.29) is 17.9 Å². The molecule has 22 heavy (non-hydrogen) atoms. The number of rotatable bonds is 10. The van der Waals surface area contributed by atoms with Crippen LogP contribution >= 0.6 is 11.3 Å². The third-order valence-corrected chi connectivity index (χ3v) is 4.31. The molecule has 5 heteroatoms. The lowest BCUT2D eigenvalue weighted by Crippen LogP contribution is -2.33. The van der Waals surface area contributed by atoms with Crippen molar-refractivity contribution in [3.8, 4) is 0 Å². The fourth-order valence-electron chi connectivity index (χ4n) is 2.20. The van der Waals surface area contributed by atoms with Gasteiger partial charge in [-0.1, -0.05) is 32.8 Å². The van der Waals surface area contributed by atoms with Gasteiger partial charge in [0.25, 0.3) is 5.91 Å². The van der Waals surface area contributed by atoms with Crippen molar-refractivity contribution in [3.63, 3.8) is 0 Å². The monoisotopic (exact) mass is 324 g/mol. The molecule has 0 saturated carbocycles. The first kappa shape index (κ1) is 18.7. The van der Waals surface area contributed by atoms with E-state index in [0.717, 1.165) is 18.8 Å². The zero-order valence-corrected chi connectivity index (χ0v) is 14.7. The number of carbonyl (C=O) groups excluding carboxylic acids is 2. The number of amides is 2. The van der Waals surface area contributed by atoms with Gasteiger partial charge < -0.3 is 10.6 Å². The summed E-state index contributed by atoms with van der Waals surface area (Å²) < 4.78 is 0. The van der Waals surface area contributed by atoms with Gasteiger partial charge in [0.1, 0.15) is 0 Å². The van der Waals surface area contributed by atoms with E-state index in [1.54, 1.807) is 6.07 Å². The van der Waals surface area contributed by atoms with Gasteiger partial charge in [-0.05, 0) is 37.1 Å². The molecule has 0 spiro atoms. The molecule has 2 N–H and O–H groups in total. The van der Waals surface area contributed by atoms with Crippen molar-refractivity contribution >= 4 is 23.2 Å². The van der Waals surface area contributed by atoms with Crippen LogP contribution in [0, 0.1) is 5.92 Å². The Hall–Kier alpha value is -1.36. The van der Waals surface area contributed by atoms with Crippen molar-refractivity contribution in [3.05, 3.63) is 22.4 Å². The SMILES string of the molecule is CC(C)CCCC(C)NC(=O)CCCNC(=O)c1cccs1. The molecule has 1 atom stereocenters. The molecule has 1 rings (SSSR count). The Kier molecular flexibility index (Phi) is 8.82. The Labute approximate surface area is 137 Å². The van der Waals surface area contributed by atoms with E-state index >= 15 is 0 Å². The molecule has 0 aliphatic heterocycles. The first-order chi connectivity index (χ1) is 10.5. The Bertz CT molecular complexity index is 444. The topological polar surface area (TPSA) is 58.2 Å². The lowest BCUT2D eigenvalue weighted by Gasteiger charge is -2.14. The van der Waals surface area contributed by atoms with Crippen LogP contribution in [0.1, 0.15) is 62.5 Å². The normalized spacial score (nSPS) is 12.2. The van der Waals surface area contributed by atoms with Crippen LogP contribution in [-0.4, -0.2) is 24.4 Å². The number of carbonyl (C=O) groups is 2. The van der Waals surface area contributed by atoms with Crippen molar-refractivity contribution in [2.75, 3.05) is 6.54 Å². The predicted molar refractivity (Wildman–Crippen MR) is 92.2 cm³/mol. The van der Waals surface area contributed by atoms with Crippen LogP contribution in [0.4, 0.5) is 0 Å². The quantitative estimate of drug-likeness (QED) is 0.646. The molecule has 0 bridgehead atoms. The zero-order valence-electron chi connectivity index (χ0n) is 13.9. The van der Waals surface area contributed by atoms with Gasteiger partial charge in [-0.3, -0.25) is 9.59 Å². The molecule has 124 valence electrons. The van der Waals surface area contributed by atoms with Crippen LogP contribution in [0.3, 0.4) is 0 Å². The highest BCUT2D eigenvalue weighted by atomic mass is 32.1. The van der Waals surface area contributed by atoms with E-state index in [1.165, 1.54) is 17.8 Å². The van der Waals surface area contributed by atoms with Gasteiger partial charge >= 0.3 is 0 Å². The number of hydrogen-bond donors (Lipinski definition) is 2. The second-order valence-corrected chi connectivity index (χ2v) is 7.08. The molecule has 1 heterocycles. The first-order valence-corrected chi connectivity index (χ1v) is 8.98. The van der Waals surface area contributed by atoms with Crippen LogP contribution in [0.5, 0.6) is 0 Å². The van der Waals surface area contributed by atoms with E-state index in [1.807, 2.05) is 11.4 Å². The van der Waals surface area contributed by atoms with E-state index < -0.39 is 0 Å². The van der Waals surface area contributed by atoms with Gasteiger partial charge in [-0.15, -0.1) is 11.3 Å². The molecule has 0 fully saturated rings. The van der Waals surface area contributed by atoms with Crippen LogP contribution in [0.25, 0.3) is 0 Å². The van der Waals surface area contributed by atoms with Gasteiger partial charge in [-0.2, -0.15) is 0 Å². The Balaban J connectivity index is 2.06. The molecule has 2 amide bonds. The molecule has 1 aromatic rings. The standard InChI is InChI=1S/C17H28N2O2S/c1-13(2)7-4-8-14(3)19-16(20)10-5-11-18-17(21)15-9-6-12-22-15/h6,9,12-14H,4-5,7-8,10-11H2,1-3H3,(H,18,21)(H,19,20). The first-order valence-electron chi connectivity index (χ1n) is 8.10.